The smallest absolute Gasteiger partial charge is 0.124 e. The van der Waals surface area contributed by atoms with Crippen LogP contribution >= 0.6 is 15.9 Å². The van der Waals surface area contributed by atoms with Gasteiger partial charge in [0.05, 0.1) is 6.61 Å². The van der Waals surface area contributed by atoms with Crippen molar-refractivity contribution in [2.24, 2.45) is 5.73 Å². The van der Waals surface area contributed by atoms with E-state index < -0.39 is 0 Å². The van der Waals surface area contributed by atoms with E-state index in [4.69, 9.17) is 10.5 Å². The highest BCUT2D eigenvalue weighted by Gasteiger charge is 2.20. The van der Waals surface area contributed by atoms with Crippen LogP contribution in [0.3, 0.4) is 0 Å². The van der Waals surface area contributed by atoms with E-state index in [1.54, 1.807) is 0 Å². The van der Waals surface area contributed by atoms with Gasteiger partial charge in [0.1, 0.15) is 5.75 Å². The monoisotopic (exact) mass is 277 g/mol. The molecule has 0 radical (unpaired) electrons. The third kappa shape index (κ3) is 1.51. The van der Waals surface area contributed by atoms with Gasteiger partial charge in [0, 0.05) is 22.5 Å². The van der Waals surface area contributed by atoms with Gasteiger partial charge in [-0.25, -0.2) is 0 Å². The Hall–Kier alpha value is -1.06. The van der Waals surface area contributed by atoms with Crippen LogP contribution in [0.5, 0.6) is 5.75 Å². The highest BCUT2D eigenvalue weighted by molar-refractivity contribution is 9.10. The van der Waals surface area contributed by atoms with Crippen molar-refractivity contribution < 1.29 is 4.74 Å². The largest absolute Gasteiger partial charge is 0.493 e. The van der Waals surface area contributed by atoms with Crippen LogP contribution in [0.4, 0.5) is 0 Å². The molecule has 0 aliphatic carbocycles. The van der Waals surface area contributed by atoms with E-state index in [0.29, 0.717) is 0 Å². The Labute approximate surface area is 103 Å². The highest BCUT2D eigenvalue weighted by atomic mass is 79.9. The number of halogens is 1. The molecule has 0 aromatic heterocycles. The SMILES string of the molecule is N[C@H]1CCOc2ccc3cc(Br)ccc3c21. The fourth-order valence-corrected chi connectivity index (χ4v) is 2.63. The van der Waals surface area contributed by atoms with Crippen molar-refractivity contribution in [2.45, 2.75) is 12.5 Å². The summed E-state index contributed by atoms with van der Waals surface area (Å²) in [5, 5.41) is 2.40. The number of benzene rings is 2. The van der Waals surface area contributed by atoms with E-state index >= 15 is 0 Å². The second-order valence-electron chi connectivity index (χ2n) is 4.09. The quantitative estimate of drug-likeness (QED) is 0.801. The van der Waals surface area contributed by atoms with Crippen molar-refractivity contribution in [1.82, 2.24) is 0 Å². The topological polar surface area (TPSA) is 35.2 Å². The van der Waals surface area contributed by atoms with Gasteiger partial charge < -0.3 is 10.5 Å². The molecule has 0 spiro atoms. The zero-order valence-corrected chi connectivity index (χ0v) is 10.3. The van der Waals surface area contributed by atoms with Gasteiger partial charge >= 0.3 is 0 Å². The lowest BCUT2D eigenvalue weighted by Gasteiger charge is -2.24. The minimum absolute atomic E-state index is 0.0913. The molecule has 0 bridgehead atoms. The second-order valence-corrected chi connectivity index (χ2v) is 5.00. The Morgan fingerprint density at radius 1 is 1.25 bits per heavy atom. The van der Waals surface area contributed by atoms with E-state index in [1.165, 1.54) is 10.8 Å². The van der Waals surface area contributed by atoms with Gasteiger partial charge in [0.2, 0.25) is 0 Å². The Bertz CT molecular complexity index is 553. The lowest BCUT2D eigenvalue weighted by molar-refractivity contribution is 0.270. The molecule has 2 N–H and O–H groups in total. The molecule has 1 aliphatic heterocycles. The molecule has 0 fully saturated rings. The molecule has 82 valence electrons. The molecule has 0 amide bonds. The predicted octanol–water partition coefficient (Wildman–Crippen LogP) is 3.38. The van der Waals surface area contributed by atoms with Gasteiger partial charge in [0.15, 0.2) is 0 Å². The first-order chi connectivity index (χ1) is 7.75. The van der Waals surface area contributed by atoms with Gasteiger partial charge in [-0.2, -0.15) is 0 Å². The first kappa shape index (κ1) is 10.1. The Morgan fingerprint density at radius 2 is 2.12 bits per heavy atom. The van der Waals surface area contributed by atoms with Crippen molar-refractivity contribution >= 4 is 26.7 Å². The summed E-state index contributed by atoms with van der Waals surface area (Å²) in [7, 11) is 0. The molecule has 3 rings (SSSR count). The van der Waals surface area contributed by atoms with Gasteiger partial charge in [-0.15, -0.1) is 0 Å². The Kier molecular flexibility index (Phi) is 2.37. The summed E-state index contributed by atoms with van der Waals surface area (Å²) < 4.78 is 6.73. The van der Waals surface area contributed by atoms with Crippen LogP contribution in [-0.4, -0.2) is 6.61 Å². The summed E-state index contributed by atoms with van der Waals surface area (Å²) >= 11 is 3.48. The summed E-state index contributed by atoms with van der Waals surface area (Å²) in [5.74, 6) is 0.938. The number of fused-ring (bicyclic) bond motifs is 3. The van der Waals surface area contributed by atoms with E-state index in [0.717, 1.165) is 28.8 Å². The van der Waals surface area contributed by atoms with Crippen LogP contribution in [-0.2, 0) is 0 Å². The fourth-order valence-electron chi connectivity index (χ4n) is 2.25. The zero-order chi connectivity index (χ0) is 11.1. The molecule has 1 heterocycles. The normalized spacial score (nSPS) is 19.2. The van der Waals surface area contributed by atoms with Crippen LogP contribution in [0, 0.1) is 0 Å². The molecular weight excluding hydrogens is 266 g/mol. The van der Waals surface area contributed by atoms with Crippen molar-refractivity contribution in [3.05, 3.63) is 40.4 Å². The van der Waals surface area contributed by atoms with E-state index in [1.807, 2.05) is 12.1 Å². The maximum Gasteiger partial charge on any atom is 0.124 e. The second kappa shape index (κ2) is 3.75. The van der Waals surface area contributed by atoms with Crippen LogP contribution in [0.25, 0.3) is 10.8 Å². The Balaban J connectivity index is 2.33. The number of ether oxygens (including phenoxy) is 1. The van der Waals surface area contributed by atoms with Crippen LogP contribution in [0.2, 0.25) is 0 Å². The van der Waals surface area contributed by atoms with Gasteiger partial charge in [-0.3, -0.25) is 0 Å². The molecule has 16 heavy (non-hydrogen) atoms. The molecule has 0 saturated carbocycles. The van der Waals surface area contributed by atoms with E-state index in [-0.39, 0.29) is 6.04 Å². The number of hydrogen-bond acceptors (Lipinski definition) is 2. The Morgan fingerprint density at radius 3 is 3.00 bits per heavy atom. The minimum atomic E-state index is 0.0913. The standard InChI is InChI=1S/C13H12BrNO/c14-9-2-3-10-8(7-9)1-4-12-13(10)11(15)5-6-16-12/h1-4,7,11H,5-6,15H2/t11-/m0/s1. The molecule has 2 aromatic rings. The van der Waals surface area contributed by atoms with Crippen molar-refractivity contribution in [1.29, 1.82) is 0 Å². The molecule has 0 unspecified atom stereocenters. The summed E-state index contributed by atoms with van der Waals surface area (Å²) in [5.41, 5.74) is 7.31. The lowest BCUT2D eigenvalue weighted by atomic mass is 9.95. The summed E-state index contributed by atoms with van der Waals surface area (Å²) in [4.78, 5) is 0. The van der Waals surface area contributed by atoms with E-state index in [9.17, 15) is 0 Å². The van der Waals surface area contributed by atoms with Crippen molar-refractivity contribution in [2.75, 3.05) is 6.61 Å². The van der Waals surface area contributed by atoms with Gasteiger partial charge in [-0.1, -0.05) is 28.1 Å². The molecule has 2 nitrogen and oxygen atoms in total. The molecule has 1 atom stereocenters. The van der Waals surface area contributed by atoms with Gasteiger partial charge in [0.25, 0.3) is 0 Å². The predicted molar refractivity (Wildman–Crippen MR) is 68.7 cm³/mol. The average molecular weight is 278 g/mol. The van der Waals surface area contributed by atoms with Crippen LogP contribution < -0.4 is 10.5 Å². The summed E-state index contributed by atoms with van der Waals surface area (Å²) in [6, 6.07) is 10.4. The third-order valence-corrected chi connectivity index (χ3v) is 3.53. The molecule has 2 aromatic carbocycles. The fraction of sp³-hybridized carbons (Fsp3) is 0.231. The molecular formula is C13H12BrNO. The minimum Gasteiger partial charge on any atom is -0.493 e. The van der Waals surface area contributed by atoms with E-state index in [2.05, 4.69) is 34.1 Å². The average Bonchev–Trinajstić information content (AvgIpc) is 2.29. The van der Waals surface area contributed by atoms with Gasteiger partial charge in [-0.05, 0) is 29.0 Å². The maximum atomic E-state index is 6.16. The van der Waals surface area contributed by atoms with Crippen LogP contribution in [0.1, 0.15) is 18.0 Å². The number of nitrogens with two attached hydrogens (primary N) is 1. The molecule has 1 aliphatic rings. The van der Waals surface area contributed by atoms with Crippen molar-refractivity contribution in [3.63, 3.8) is 0 Å². The zero-order valence-electron chi connectivity index (χ0n) is 8.74. The number of rotatable bonds is 0. The summed E-state index contributed by atoms with van der Waals surface area (Å²) in [6.07, 6.45) is 0.891. The molecule has 0 saturated heterocycles. The first-order valence-electron chi connectivity index (χ1n) is 5.36. The first-order valence-corrected chi connectivity index (χ1v) is 6.15. The van der Waals surface area contributed by atoms with Crippen molar-refractivity contribution in [3.8, 4) is 5.75 Å². The summed E-state index contributed by atoms with van der Waals surface area (Å²) in [6.45, 7) is 0.718. The molecule has 3 heteroatoms. The highest BCUT2D eigenvalue weighted by Crippen LogP contribution is 2.37. The lowest BCUT2D eigenvalue weighted by Crippen LogP contribution is -2.20. The maximum absolute atomic E-state index is 6.16. The van der Waals surface area contributed by atoms with Crippen LogP contribution in [0.15, 0.2) is 34.8 Å². The number of hydrogen-bond donors (Lipinski definition) is 1. The third-order valence-electron chi connectivity index (χ3n) is 3.04.